The summed E-state index contributed by atoms with van der Waals surface area (Å²) in [5.74, 6) is -0.166. The molecule has 0 saturated heterocycles. The summed E-state index contributed by atoms with van der Waals surface area (Å²) < 4.78 is 0. The molecule has 0 radical (unpaired) electrons. The van der Waals surface area contributed by atoms with Crippen LogP contribution in [-0.4, -0.2) is 23.7 Å². The minimum Gasteiger partial charge on any atom is -0.394 e. The van der Waals surface area contributed by atoms with Crippen molar-refractivity contribution >= 4 is 17.5 Å². The van der Waals surface area contributed by atoms with Crippen molar-refractivity contribution in [2.75, 3.05) is 6.61 Å². The van der Waals surface area contributed by atoms with Crippen molar-refractivity contribution in [2.24, 2.45) is 5.92 Å². The zero-order valence-corrected chi connectivity index (χ0v) is 11.7. The Morgan fingerprint density at radius 3 is 2.56 bits per heavy atom. The molecule has 1 rings (SSSR count). The van der Waals surface area contributed by atoms with Gasteiger partial charge in [-0.1, -0.05) is 37.6 Å². The molecule has 0 spiro atoms. The lowest BCUT2D eigenvalue weighted by molar-refractivity contribution is -0.124. The number of aliphatic hydroxyl groups excluding tert-OH is 1. The average Bonchev–Trinajstić information content (AvgIpc) is 2.28. The summed E-state index contributed by atoms with van der Waals surface area (Å²) in [5, 5.41) is 12.4. The number of rotatable bonds is 5. The SMILES string of the molecule is CC(CO)NC(=O)C(c1cccc(Cl)c1)C(C)C. The second kappa shape index (κ2) is 6.76. The van der Waals surface area contributed by atoms with Gasteiger partial charge in [-0.25, -0.2) is 0 Å². The third-order valence-electron chi connectivity index (χ3n) is 2.82. The first-order valence-electron chi connectivity index (χ1n) is 6.12. The summed E-state index contributed by atoms with van der Waals surface area (Å²) >= 11 is 5.96. The van der Waals surface area contributed by atoms with E-state index in [1.165, 1.54) is 0 Å². The zero-order chi connectivity index (χ0) is 13.7. The van der Waals surface area contributed by atoms with Gasteiger partial charge < -0.3 is 10.4 Å². The van der Waals surface area contributed by atoms with Gasteiger partial charge in [-0.3, -0.25) is 4.79 Å². The van der Waals surface area contributed by atoms with Crippen molar-refractivity contribution in [1.82, 2.24) is 5.32 Å². The molecule has 2 N–H and O–H groups in total. The molecular weight excluding hydrogens is 250 g/mol. The van der Waals surface area contributed by atoms with Crippen LogP contribution in [0.15, 0.2) is 24.3 Å². The summed E-state index contributed by atoms with van der Waals surface area (Å²) in [7, 11) is 0. The maximum absolute atomic E-state index is 12.2. The van der Waals surface area contributed by atoms with E-state index in [0.717, 1.165) is 5.56 Å². The van der Waals surface area contributed by atoms with Crippen LogP contribution in [0.3, 0.4) is 0 Å². The standard InChI is InChI=1S/C14H20ClNO2/c1-9(2)13(14(18)16-10(3)8-17)11-5-4-6-12(15)7-11/h4-7,9-10,13,17H,8H2,1-3H3,(H,16,18). The first kappa shape index (κ1) is 15.0. The monoisotopic (exact) mass is 269 g/mol. The number of aliphatic hydroxyl groups is 1. The highest BCUT2D eigenvalue weighted by atomic mass is 35.5. The summed E-state index contributed by atoms with van der Waals surface area (Å²) in [4.78, 5) is 12.2. The maximum atomic E-state index is 12.2. The van der Waals surface area contributed by atoms with Gasteiger partial charge in [0.2, 0.25) is 5.91 Å². The normalized spacial score (nSPS) is 14.3. The molecule has 1 aromatic carbocycles. The average molecular weight is 270 g/mol. The second-order valence-electron chi connectivity index (χ2n) is 4.87. The molecule has 1 amide bonds. The number of carbonyl (C=O) groups is 1. The molecule has 0 heterocycles. The lowest BCUT2D eigenvalue weighted by Crippen LogP contribution is -2.39. The second-order valence-corrected chi connectivity index (χ2v) is 5.31. The lowest BCUT2D eigenvalue weighted by Gasteiger charge is -2.22. The highest BCUT2D eigenvalue weighted by Crippen LogP contribution is 2.26. The predicted molar refractivity (Wildman–Crippen MR) is 73.7 cm³/mol. The van der Waals surface area contributed by atoms with E-state index in [0.29, 0.717) is 5.02 Å². The number of halogens is 1. The molecule has 2 atom stereocenters. The molecule has 18 heavy (non-hydrogen) atoms. The molecule has 0 aromatic heterocycles. The van der Waals surface area contributed by atoms with Crippen LogP contribution in [0.2, 0.25) is 5.02 Å². The zero-order valence-electron chi connectivity index (χ0n) is 11.0. The van der Waals surface area contributed by atoms with Gasteiger partial charge in [0.25, 0.3) is 0 Å². The number of amides is 1. The van der Waals surface area contributed by atoms with Crippen LogP contribution in [-0.2, 0) is 4.79 Å². The van der Waals surface area contributed by atoms with Crippen LogP contribution in [0.4, 0.5) is 0 Å². The van der Waals surface area contributed by atoms with Crippen molar-refractivity contribution in [1.29, 1.82) is 0 Å². The Balaban J connectivity index is 2.93. The van der Waals surface area contributed by atoms with Gasteiger partial charge >= 0.3 is 0 Å². The van der Waals surface area contributed by atoms with Crippen molar-refractivity contribution in [3.8, 4) is 0 Å². The van der Waals surface area contributed by atoms with Crippen LogP contribution >= 0.6 is 11.6 Å². The molecular formula is C14H20ClNO2. The van der Waals surface area contributed by atoms with Gasteiger partial charge in [-0.15, -0.1) is 0 Å². The number of hydrogen-bond donors (Lipinski definition) is 2. The van der Waals surface area contributed by atoms with Gasteiger partial charge in [-0.05, 0) is 30.5 Å². The van der Waals surface area contributed by atoms with Gasteiger partial charge in [0.1, 0.15) is 0 Å². The summed E-state index contributed by atoms with van der Waals surface area (Å²) in [6, 6.07) is 7.11. The van der Waals surface area contributed by atoms with Crippen molar-refractivity contribution in [3.05, 3.63) is 34.9 Å². The minimum absolute atomic E-state index is 0.0634. The number of benzene rings is 1. The highest BCUT2D eigenvalue weighted by molar-refractivity contribution is 6.30. The topological polar surface area (TPSA) is 49.3 Å². The Kier molecular flexibility index (Phi) is 5.63. The van der Waals surface area contributed by atoms with Gasteiger partial charge in [-0.2, -0.15) is 0 Å². The first-order valence-corrected chi connectivity index (χ1v) is 6.50. The van der Waals surface area contributed by atoms with Crippen LogP contribution in [0, 0.1) is 5.92 Å². The minimum atomic E-state index is -0.252. The molecule has 0 aliphatic heterocycles. The highest BCUT2D eigenvalue weighted by Gasteiger charge is 2.25. The van der Waals surface area contributed by atoms with Crippen LogP contribution < -0.4 is 5.32 Å². The van der Waals surface area contributed by atoms with Crippen molar-refractivity contribution in [3.63, 3.8) is 0 Å². The van der Waals surface area contributed by atoms with Crippen molar-refractivity contribution in [2.45, 2.75) is 32.7 Å². The van der Waals surface area contributed by atoms with Gasteiger partial charge in [0.05, 0.1) is 12.5 Å². The van der Waals surface area contributed by atoms with Gasteiger partial charge in [0, 0.05) is 11.1 Å². The third kappa shape index (κ3) is 4.00. The van der Waals surface area contributed by atoms with Crippen LogP contribution in [0.1, 0.15) is 32.3 Å². The van der Waals surface area contributed by atoms with E-state index < -0.39 is 0 Å². The number of hydrogen-bond acceptors (Lipinski definition) is 2. The number of carbonyl (C=O) groups excluding carboxylic acids is 1. The van der Waals surface area contributed by atoms with E-state index in [1.54, 1.807) is 13.0 Å². The fourth-order valence-corrected chi connectivity index (χ4v) is 2.12. The summed E-state index contributed by atoms with van der Waals surface area (Å²) in [6.45, 7) is 5.70. The van der Waals surface area contributed by atoms with Crippen LogP contribution in [0.5, 0.6) is 0 Å². The Morgan fingerprint density at radius 1 is 1.39 bits per heavy atom. The molecule has 0 saturated carbocycles. The van der Waals surface area contributed by atoms with Crippen molar-refractivity contribution < 1.29 is 9.90 Å². The first-order chi connectivity index (χ1) is 8.45. The molecule has 100 valence electrons. The molecule has 0 aliphatic carbocycles. The smallest absolute Gasteiger partial charge is 0.228 e. The van der Waals surface area contributed by atoms with Crippen LogP contribution in [0.25, 0.3) is 0 Å². The maximum Gasteiger partial charge on any atom is 0.228 e. The number of nitrogens with one attached hydrogen (secondary N) is 1. The molecule has 0 bridgehead atoms. The molecule has 0 fully saturated rings. The molecule has 4 heteroatoms. The van der Waals surface area contributed by atoms with E-state index in [4.69, 9.17) is 16.7 Å². The summed E-state index contributed by atoms with van der Waals surface area (Å²) in [5.41, 5.74) is 0.903. The Bertz CT molecular complexity index is 407. The van der Waals surface area contributed by atoms with Gasteiger partial charge in [0.15, 0.2) is 0 Å². The summed E-state index contributed by atoms with van der Waals surface area (Å²) in [6.07, 6.45) is 0. The third-order valence-corrected chi connectivity index (χ3v) is 3.05. The van der Waals surface area contributed by atoms with E-state index in [9.17, 15) is 4.79 Å². The molecule has 2 unspecified atom stereocenters. The fourth-order valence-electron chi connectivity index (χ4n) is 1.92. The van der Waals surface area contributed by atoms with E-state index >= 15 is 0 Å². The van der Waals surface area contributed by atoms with E-state index in [2.05, 4.69) is 5.32 Å². The molecule has 3 nitrogen and oxygen atoms in total. The Morgan fingerprint density at radius 2 is 2.06 bits per heavy atom. The Labute approximate surface area is 113 Å². The quantitative estimate of drug-likeness (QED) is 0.863. The van der Waals surface area contributed by atoms with E-state index in [-0.39, 0.29) is 30.4 Å². The predicted octanol–water partition coefficient (Wildman–Crippen LogP) is 2.58. The largest absolute Gasteiger partial charge is 0.394 e. The van der Waals surface area contributed by atoms with E-state index in [1.807, 2.05) is 32.0 Å². The Hall–Kier alpha value is -1.06. The molecule has 0 aliphatic rings. The molecule has 1 aromatic rings. The fraction of sp³-hybridized carbons (Fsp3) is 0.500. The lowest BCUT2D eigenvalue weighted by atomic mass is 9.87.